The molecule has 0 radical (unpaired) electrons. The fourth-order valence-corrected chi connectivity index (χ4v) is 2.15. The first-order valence-corrected chi connectivity index (χ1v) is 5.64. The topological polar surface area (TPSA) is 61.0 Å². The number of amides is 1. The fraction of sp³-hybridized carbons (Fsp3) is 0.636. The van der Waals surface area contributed by atoms with E-state index in [1.54, 1.807) is 0 Å². The van der Waals surface area contributed by atoms with Crippen LogP contribution in [0.15, 0.2) is 0 Å². The number of rotatable bonds is 1. The van der Waals surface area contributed by atoms with Gasteiger partial charge in [-0.25, -0.2) is 0 Å². The van der Waals surface area contributed by atoms with Crippen LogP contribution in [0.5, 0.6) is 0 Å². The molecule has 1 atom stereocenters. The predicted molar refractivity (Wildman–Crippen MR) is 61.4 cm³/mol. The van der Waals surface area contributed by atoms with Crippen molar-refractivity contribution in [1.82, 2.24) is 20.4 Å². The van der Waals surface area contributed by atoms with E-state index < -0.39 is 0 Å². The van der Waals surface area contributed by atoms with E-state index in [-0.39, 0.29) is 11.9 Å². The van der Waals surface area contributed by atoms with Gasteiger partial charge in [0.2, 0.25) is 0 Å². The first kappa shape index (κ1) is 11.1. The molecular weight excluding hydrogens is 204 g/mol. The molecular formula is C11H18N4O. The second-order valence-corrected chi connectivity index (χ2v) is 4.36. The average molecular weight is 222 g/mol. The summed E-state index contributed by atoms with van der Waals surface area (Å²) in [6.45, 7) is 8.32. The molecule has 0 unspecified atom stereocenters. The number of hydrogen-bond donors (Lipinski definition) is 2. The number of piperazine rings is 1. The van der Waals surface area contributed by atoms with Crippen molar-refractivity contribution in [2.45, 2.75) is 26.8 Å². The van der Waals surface area contributed by atoms with Gasteiger partial charge in [-0.1, -0.05) is 0 Å². The third-order valence-electron chi connectivity index (χ3n) is 3.10. The summed E-state index contributed by atoms with van der Waals surface area (Å²) < 4.78 is 0. The lowest BCUT2D eigenvalue weighted by Gasteiger charge is -2.34. The largest absolute Gasteiger partial charge is 0.333 e. The van der Waals surface area contributed by atoms with Crippen LogP contribution in [-0.2, 0) is 0 Å². The molecule has 5 nitrogen and oxygen atoms in total. The Bertz CT molecular complexity index is 379. The van der Waals surface area contributed by atoms with Crippen LogP contribution in [-0.4, -0.2) is 46.7 Å². The van der Waals surface area contributed by atoms with Gasteiger partial charge in [0.15, 0.2) is 0 Å². The van der Waals surface area contributed by atoms with E-state index >= 15 is 0 Å². The molecule has 88 valence electrons. The summed E-state index contributed by atoms with van der Waals surface area (Å²) in [7, 11) is 0. The van der Waals surface area contributed by atoms with Gasteiger partial charge in [-0.3, -0.25) is 9.89 Å². The molecule has 0 bridgehead atoms. The minimum atomic E-state index is 0.0951. The Balaban J connectivity index is 2.24. The van der Waals surface area contributed by atoms with Gasteiger partial charge in [0, 0.05) is 31.4 Å². The highest BCUT2D eigenvalue weighted by Crippen LogP contribution is 2.15. The van der Waals surface area contributed by atoms with Gasteiger partial charge in [-0.05, 0) is 20.8 Å². The molecule has 2 N–H and O–H groups in total. The van der Waals surface area contributed by atoms with Crippen molar-refractivity contribution >= 4 is 5.91 Å². The molecule has 0 spiro atoms. The normalized spacial score (nSPS) is 21.2. The molecule has 1 aliphatic heterocycles. The number of H-pyrrole nitrogens is 1. The number of hydrogen-bond acceptors (Lipinski definition) is 3. The van der Waals surface area contributed by atoms with E-state index in [4.69, 9.17) is 0 Å². The molecule has 0 aromatic carbocycles. The molecule has 1 fully saturated rings. The third kappa shape index (κ3) is 1.82. The summed E-state index contributed by atoms with van der Waals surface area (Å²) in [6.07, 6.45) is 0. The fourth-order valence-electron chi connectivity index (χ4n) is 2.15. The van der Waals surface area contributed by atoms with E-state index in [2.05, 4.69) is 22.4 Å². The van der Waals surface area contributed by atoms with Crippen LogP contribution in [0.25, 0.3) is 0 Å². The predicted octanol–water partition coefficient (Wildman–Crippen LogP) is 0.460. The molecule has 1 saturated heterocycles. The highest BCUT2D eigenvalue weighted by molar-refractivity contribution is 5.96. The highest BCUT2D eigenvalue weighted by atomic mass is 16.2. The van der Waals surface area contributed by atoms with Crippen molar-refractivity contribution < 1.29 is 4.79 Å². The number of aromatic nitrogens is 2. The molecule has 2 heterocycles. The molecule has 1 aliphatic rings. The summed E-state index contributed by atoms with van der Waals surface area (Å²) >= 11 is 0. The maximum atomic E-state index is 12.4. The molecule has 1 aromatic heterocycles. The highest BCUT2D eigenvalue weighted by Gasteiger charge is 2.27. The van der Waals surface area contributed by atoms with Crippen LogP contribution in [0.3, 0.4) is 0 Å². The second-order valence-electron chi connectivity index (χ2n) is 4.36. The van der Waals surface area contributed by atoms with Crippen molar-refractivity contribution in [3.63, 3.8) is 0 Å². The van der Waals surface area contributed by atoms with Gasteiger partial charge in [0.05, 0.1) is 11.3 Å². The molecule has 5 heteroatoms. The minimum absolute atomic E-state index is 0.0951. The zero-order valence-electron chi connectivity index (χ0n) is 10.0. The number of aromatic amines is 1. The van der Waals surface area contributed by atoms with Crippen LogP contribution in [0, 0.1) is 13.8 Å². The zero-order valence-corrected chi connectivity index (χ0v) is 10.0. The smallest absolute Gasteiger partial charge is 0.257 e. The maximum absolute atomic E-state index is 12.4. The monoisotopic (exact) mass is 222 g/mol. The molecule has 1 aromatic rings. The van der Waals surface area contributed by atoms with E-state index in [1.165, 1.54) is 0 Å². The summed E-state index contributed by atoms with van der Waals surface area (Å²) in [6, 6.07) is 0.245. The van der Waals surface area contributed by atoms with Gasteiger partial charge in [-0.2, -0.15) is 5.10 Å². The van der Waals surface area contributed by atoms with E-state index in [9.17, 15) is 4.79 Å². The number of carbonyl (C=O) groups is 1. The summed E-state index contributed by atoms with van der Waals surface area (Å²) in [4.78, 5) is 14.3. The third-order valence-corrected chi connectivity index (χ3v) is 3.10. The lowest BCUT2D eigenvalue weighted by atomic mass is 10.1. The maximum Gasteiger partial charge on any atom is 0.257 e. The van der Waals surface area contributed by atoms with Crippen molar-refractivity contribution in [3.8, 4) is 0 Å². The Labute approximate surface area is 95.2 Å². The summed E-state index contributed by atoms with van der Waals surface area (Å²) in [5.41, 5.74) is 2.37. The molecule has 16 heavy (non-hydrogen) atoms. The van der Waals surface area contributed by atoms with Crippen molar-refractivity contribution in [3.05, 3.63) is 17.0 Å². The Morgan fingerprint density at radius 1 is 1.50 bits per heavy atom. The standard InChI is InChI=1S/C11H18N4O/c1-7-6-12-4-5-15(7)11(16)10-8(2)13-14-9(10)3/h7,12H,4-6H2,1-3H3,(H,13,14)/t7-/m1/s1. The van der Waals surface area contributed by atoms with Crippen LogP contribution in [0.4, 0.5) is 0 Å². The van der Waals surface area contributed by atoms with Crippen LogP contribution >= 0.6 is 0 Å². The number of nitrogens with zero attached hydrogens (tertiary/aromatic N) is 2. The average Bonchev–Trinajstić information content (AvgIpc) is 2.58. The van der Waals surface area contributed by atoms with Crippen LogP contribution in [0.2, 0.25) is 0 Å². The Morgan fingerprint density at radius 2 is 2.25 bits per heavy atom. The first-order chi connectivity index (χ1) is 7.61. The molecule has 0 aliphatic carbocycles. The van der Waals surface area contributed by atoms with E-state index in [0.29, 0.717) is 0 Å². The van der Waals surface area contributed by atoms with Gasteiger partial charge >= 0.3 is 0 Å². The number of aryl methyl sites for hydroxylation is 2. The SMILES string of the molecule is Cc1n[nH]c(C)c1C(=O)N1CCNC[C@H]1C. The van der Waals surface area contributed by atoms with Gasteiger partial charge < -0.3 is 10.2 Å². The van der Waals surface area contributed by atoms with Gasteiger partial charge in [0.25, 0.3) is 5.91 Å². The lowest BCUT2D eigenvalue weighted by molar-refractivity contribution is 0.0654. The first-order valence-electron chi connectivity index (χ1n) is 5.64. The number of nitrogens with one attached hydrogen (secondary N) is 2. The Hall–Kier alpha value is -1.36. The molecule has 2 rings (SSSR count). The summed E-state index contributed by atoms with van der Waals surface area (Å²) in [5.74, 6) is 0.0951. The quantitative estimate of drug-likeness (QED) is 0.725. The van der Waals surface area contributed by atoms with Crippen LogP contribution in [0.1, 0.15) is 28.7 Å². The Morgan fingerprint density at radius 3 is 2.81 bits per heavy atom. The number of carbonyl (C=O) groups excluding carboxylic acids is 1. The van der Waals surface area contributed by atoms with E-state index in [1.807, 2.05) is 18.7 Å². The summed E-state index contributed by atoms with van der Waals surface area (Å²) in [5, 5.41) is 10.2. The van der Waals surface area contributed by atoms with Crippen molar-refractivity contribution in [2.75, 3.05) is 19.6 Å². The van der Waals surface area contributed by atoms with Crippen molar-refractivity contribution in [1.29, 1.82) is 0 Å². The van der Waals surface area contributed by atoms with Gasteiger partial charge in [0.1, 0.15) is 0 Å². The van der Waals surface area contributed by atoms with E-state index in [0.717, 1.165) is 36.6 Å². The molecule has 1 amide bonds. The molecule has 0 saturated carbocycles. The second kappa shape index (κ2) is 4.25. The van der Waals surface area contributed by atoms with Crippen LogP contribution < -0.4 is 5.32 Å². The van der Waals surface area contributed by atoms with Gasteiger partial charge in [-0.15, -0.1) is 0 Å². The lowest BCUT2D eigenvalue weighted by Crippen LogP contribution is -2.52. The zero-order chi connectivity index (χ0) is 11.7. The Kier molecular flexibility index (Phi) is 2.96. The minimum Gasteiger partial charge on any atom is -0.333 e. The van der Waals surface area contributed by atoms with Crippen molar-refractivity contribution in [2.24, 2.45) is 0 Å².